The van der Waals surface area contributed by atoms with Gasteiger partial charge >= 0.3 is 0 Å². The zero-order valence-corrected chi connectivity index (χ0v) is 15.3. The van der Waals surface area contributed by atoms with Crippen molar-refractivity contribution in [2.75, 3.05) is 20.8 Å². The van der Waals surface area contributed by atoms with E-state index in [-0.39, 0.29) is 5.91 Å². The van der Waals surface area contributed by atoms with Gasteiger partial charge < -0.3 is 14.8 Å². The van der Waals surface area contributed by atoms with Crippen LogP contribution in [0.25, 0.3) is 0 Å². The van der Waals surface area contributed by atoms with Crippen molar-refractivity contribution in [3.8, 4) is 11.5 Å². The van der Waals surface area contributed by atoms with Crippen LogP contribution in [0.15, 0.2) is 18.2 Å². The van der Waals surface area contributed by atoms with Gasteiger partial charge in [0.1, 0.15) is 11.5 Å². The molecule has 1 N–H and O–H groups in total. The van der Waals surface area contributed by atoms with Crippen molar-refractivity contribution in [1.29, 1.82) is 0 Å². The second-order valence-corrected chi connectivity index (χ2v) is 8.55. The molecule has 0 saturated heterocycles. The van der Waals surface area contributed by atoms with Crippen LogP contribution in [0.3, 0.4) is 0 Å². The first-order valence-electron chi connectivity index (χ1n) is 9.57. The molecule has 25 heavy (non-hydrogen) atoms. The van der Waals surface area contributed by atoms with Gasteiger partial charge in [-0.05, 0) is 79.9 Å². The van der Waals surface area contributed by atoms with E-state index < -0.39 is 0 Å². The van der Waals surface area contributed by atoms with Gasteiger partial charge in [0.05, 0.1) is 20.6 Å². The van der Waals surface area contributed by atoms with E-state index in [1.54, 1.807) is 14.2 Å². The van der Waals surface area contributed by atoms with E-state index in [4.69, 9.17) is 9.47 Å². The summed E-state index contributed by atoms with van der Waals surface area (Å²) in [7, 11) is 3.28. The molecule has 1 aromatic carbocycles. The summed E-state index contributed by atoms with van der Waals surface area (Å²) in [6.07, 6.45) is 8.62. The van der Waals surface area contributed by atoms with Crippen molar-refractivity contribution in [1.82, 2.24) is 5.32 Å². The number of ether oxygens (including phenoxy) is 2. The molecule has 0 unspecified atom stereocenters. The number of nitrogens with one attached hydrogen (secondary N) is 1. The number of rotatable bonds is 6. The summed E-state index contributed by atoms with van der Waals surface area (Å²) in [6.45, 7) is 0.849. The highest BCUT2D eigenvalue weighted by Gasteiger charge is 2.50. The van der Waals surface area contributed by atoms with Crippen molar-refractivity contribution in [2.45, 2.75) is 44.9 Å². The Morgan fingerprint density at radius 1 is 1.08 bits per heavy atom. The quantitative estimate of drug-likeness (QED) is 0.859. The standard InChI is InChI=1S/C21H29NO3/c1-24-18-3-4-19(25-2)17(8-18)9-20(23)22-13-21-10-14-5-15(11-21)7-16(6-14)12-21/h3-4,8,14-16H,5-7,9-13H2,1-2H3,(H,22,23). The van der Waals surface area contributed by atoms with E-state index in [2.05, 4.69) is 5.32 Å². The molecule has 4 aliphatic carbocycles. The highest BCUT2D eigenvalue weighted by Crippen LogP contribution is 2.59. The maximum absolute atomic E-state index is 12.6. The topological polar surface area (TPSA) is 47.6 Å². The maximum Gasteiger partial charge on any atom is 0.224 e. The molecule has 4 fully saturated rings. The number of methoxy groups -OCH3 is 2. The molecule has 4 heteroatoms. The predicted molar refractivity (Wildman–Crippen MR) is 96.9 cm³/mol. The van der Waals surface area contributed by atoms with Crippen LogP contribution in [0.2, 0.25) is 0 Å². The van der Waals surface area contributed by atoms with Gasteiger partial charge in [0.15, 0.2) is 0 Å². The Hall–Kier alpha value is -1.71. The molecule has 136 valence electrons. The molecule has 1 aromatic rings. The monoisotopic (exact) mass is 343 g/mol. The third-order valence-electron chi connectivity index (χ3n) is 6.66. The molecule has 4 nitrogen and oxygen atoms in total. The van der Waals surface area contributed by atoms with Gasteiger partial charge in [-0.2, -0.15) is 0 Å². The number of carbonyl (C=O) groups is 1. The molecule has 4 aliphatic rings. The second kappa shape index (κ2) is 6.54. The lowest BCUT2D eigenvalue weighted by atomic mass is 9.49. The number of hydrogen-bond donors (Lipinski definition) is 1. The zero-order chi connectivity index (χ0) is 17.4. The summed E-state index contributed by atoms with van der Waals surface area (Å²) in [5.74, 6) is 4.34. The lowest BCUT2D eigenvalue weighted by Gasteiger charge is -2.56. The Morgan fingerprint density at radius 2 is 1.72 bits per heavy atom. The minimum Gasteiger partial charge on any atom is -0.497 e. The minimum atomic E-state index is 0.0855. The van der Waals surface area contributed by atoms with Crippen LogP contribution in [0.5, 0.6) is 11.5 Å². The Labute approximate surface area is 150 Å². The first kappa shape index (κ1) is 16.7. The van der Waals surface area contributed by atoms with Crippen molar-refractivity contribution in [3.05, 3.63) is 23.8 Å². The highest BCUT2D eigenvalue weighted by molar-refractivity contribution is 5.79. The summed E-state index contributed by atoms with van der Waals surface area (Å²) in [5.41, 5.74) is 1.26. The molecule has 0 radical (unpaired) electrons. The molecule has 4 saturated carbocycles. The molecule has 1 amide bonds. The zero-order valence-electron chi connectivity index (χ0n) is 15.3. The first-order valence-corrected chi connectivity index (χ1v) is 9.57. The molecule has 0 aromatic heterocycles. The largest absolute Gasteiger partial charge is 0.497 e. The lowest BCUT2D eigenvalue weighted by molar-refractivity contribution is -0.122. The summed E-state index contributed by atoms with van der Waals surface area (Å²) >= 11 is 0. The van der Waals surface area contributed by atoms with Gasteiger partial charge in [-0.3, -0.25) is 4.79 Å². The van der Waals surface area contributed by atoms with Crippen molar-refractivity contribution in [3.63, 3.8) is 0 Å². The Kier molecular flexibility index (Phi) is 4.38. The first-order chi connectivity index (χ1) is 12.1. The smallest absolute Gasteiger partial charge is 0.224 e. The maximum atomic E-state index is 12.6. The number of benzene rings is 1. The van der Waals surface area contributed by atoms with Gasteiger partial charge in [-0.15, -0.1) is 0 Å². The third kappa shape index (κ3) is 3.36. The molecular formula is C21H29NO3. The van der Waals surface area contributed by atoms with Crippen LogP contribution >= 0.6 is 0 Å². The van der Waals surface area contributed by atoms with Gasteiger partial charge in [0.25, 0.3) is 0 Å². The van der Waals surface area contributed by atoms with Crippen LogP contribution < -0.4 is 14.8 Å². The van der Waals surface area contributed by atoms with Crippen LogP contribution in [0.1, 0.15) is 44.1 Å². The van der Waals surface area contributed by atoms with Crippen molar-refractivity contribution >= 4 is 5.91 Å². The third-order valence-corrected chi connectivity index (χ3v) is 6.66. The molecule has 0 atom stereocenters. The van der Waals surface area contributed by atoms with Crippen LogP contribution in [0.4, 0.5) is 0 Å². The van der Waals surface area contributed by atoms with Crippen LogP contribution in [0, 0.1) is 23.2 Å². The molecule has 0 heterocycles. The SMILES string of the molecule is COc1ccc(OC)c(CC(=O)NCC23CC4CC(CC(C4)C2)C3)c1. The summed E-state index contributed by atoms with van der Waals surface area (Å²) in [6, 6.07) is 5.61. The van der Waals surface area contributed by atoms with Crippen molar-refractivity contribution < 1.29 is 14.3 Å². The summed E-state index contributed by atoms with van der Waals surface area (Å²) < 4.78 is 10.7. The normalized spacial score (nSPS) is 32.5. The Bertz CT molecular complexity index is 619. The van der Waals surface area contributed by atoms with E-state index in [9.17, 15) is 4.79 Å². The van der Waals surface area contributed by atoms with Gasteiger partial charge in [-0.25, -0.2) is 0 Å². The molecule has 4 bridgehead atoms. The van der Waals surface area contributed by atoms with E-state index >= 15 is 0 Å². The second-order valence-electron chi connectivity index (χ2n) is 8.55. The van der Waals surface area contributed by atoms with Crippen LogP contribution in [-0.4, -0.2) is 26.7 Å². The lowest BCUT2D eigenvalue weighted by Crippen LogP contribution is -2.51. The molecule has 5 rings (SSSR count). The molecule has 0 aliphatic heterocycles. The molecular weight excluding hydrogens is 314 g/mol. The van der Waals surface area contributed by atoms with E-state index in [0.29, 0.717) is 11.8 Å². The fraction of sp³-hybridized carbons (Fsp3) is 0.667. The predicted octanol–water partition coefficient (Wildman–Crippen LogP) is 3.58. The van der Waals surface area contributed by atoms with Crippen molar-refractivity contribution in [2.24, 2.45) is 23.2 Å². The summed E-state index contributed by atoms with van der Waals surface area (Å²) in [4.78, 5) is 12.6. The van der Waals surface area contributed by atoms with Gasteiger partial charge in [0, 0.05) is 12.1 Å². The van der Waals surface area contributed by atoms with Gasteiger partial charge in [-0.1, -0.05) is 0 Å². The minimum absolute atomic E-state index is 0.0855. The van der Waals surface area contributed by atoms with E-state index in [1.807, 2.05) is 18.2 Å². The Morgan fingerprint density at radius 3 is 2.28 bits per heavy atom. The van der Waals surface area contributed by atoms with Gasteiger partial charge in [0.2, 0.25) is 5.91 Å². The van der Waals surface area contributed by atoms with E-state index in [0.717, 1.165) is 41.4 Å². The fourth-order valence-electron chi connectivity index (χ4n) is 6.05. The number of hydrogen-bond acceptors (Lipinski definition) is 3. The van der Waals surface area contributed by atoms with Crippen LogP contribution in [-0.2, 0) is 11.2 Å². The molecule has 0 spiro atoms. The summed E-state index contributed by atoms with van der Waals surface area (Å²) in [5, 5.41) is 3.24. The average molecular weight is 343 g/mol. The fourth-order valence-corrected chi connectivity index (χ4v) is 6.05. The number of carbonyl (C=O) groups excluding carboxylic acids is 1. The highest BCUT2D eigenvalue weighted by atomic mass is 16.5. The van der Waals surface area contributed by atoms with E-state index in [1.165, 1.54) is 38.5 Å². The number of amides is 1. The average Bonchev–Trinajstić information content (AvgIpc) is 2.59. The Balaban J connectivity index is 1.38.